The summed E-state index contributed by atoms with van der Waals surface area (Å²) in [4.78, 5) is 23.8. The van der Waals surface area contributed by atoms with Crippen LogP contribution < -0.4 is 5.32 Å². The van der Waals surface area contributed by atoms with E-state index in [2.05, 4.69) is 38.4 Å². The zero-order valence-corrected chi connectivity index (χ0v) is 17.8. The van der Waals surface area contributed by atoms with Gasteiger partial charge in [0.05, 0.1) is 5.75 Å². The SMILES string of the molecule is CCCn1c(SCC(=O)Nc2cccc(C(C)=O)c2)nnc1-c1ccc(Br)o1. The molecule has 0 aliphatic carbocycles. The minimum absolute atomic E-state index is 0.0461. The van der Waals surface area contributed by atoms with Crippen molar-refractivity contribution in [2.75, 3.05) is 11.1 Å². The van der Waals surface area contributed by atoms with Crippen LogP contribution in [0.5, 0.6) is 0 Å². The highest BCUT2D eigenvalue weighted by Gasteiger charge is 2.17. The molecular formula is C19H19BrN4O3S. The van der Waals surface area contributed by atoms with Crippen LogP contribution >= 0.6 is 27.7 Å². The van der Waals surface area contributed by atoms with E-state index in [1.807, 2.05) is 10.6 Å². The van der Waals surface area contributed by atoms with Gasteiger partial charge in [-0.25, -0.2) is 0 Å². The van der Waals surface area contributed by atoms with Crippen molar-refractivity contribution >= 4 is 45.1 Å². The summed E-state index contributed by atoms with van der Waals surface area (Å²) in [5, 5.41) is 11.9. The molecule has 1 amide bonds. The third kappa shape index (κ3) is 4.90. The van der Waals surface area contributed by atoms with Crippen LogP contribution in [0.2, 0.25) is 0 Å². The summed E-state index contributed by atoms with van der Waals surface area (Å²) in [6.45, 7) is 4.27. The van der Waals surface area contributed by atoms with E-state index in [1.165, 1.54) is 18.7 Å². The van der Waals surface area contributed by atoms with E-state index in [0.29, 0.717) is 39.2 Å². The van der Waals surface area contributed by atoms with Gasteiger partial charge < -0.3 is 9.73 Å². The molecule has 0 aliphatic heterocycles. The second-order valence-electron chi connectivity index (χ2n) is 6.04. The van der Waals surface area contributed by atoms with E-state index in [1.54, 1.807) is 30.3 Å². The van der Waals surface area contributed by atoms with Crippen molar-refractivity contribution in [2.45, 2.75) is 32.0 Å². The predicted octanol–water partition coefficient (Wildman–Crippen LogP) is 4.64. The number of hydrogen-bond donors (Lipinski definition) is 1. The Balaban J connectivity index is 1.68. The fourth-order valence-electron chi connectivity index (χ4n) is 2.58. The summed E-state index contributed by atoms with van der Waals surface area (Å²) >= 11 is 4.60. The first-order valence-corrected chi connectivity index (χ1v) is 10.5. The molecule has 0 unspecified atom stereocenters. The van der Waals surface area contributed by atoms with Gasteiger partial charge in [-0.3, -0.25) is 14.2 Å². The minimum atomic E-state index is -0.181. The first-order chi connectivity index (χ1) is 13.5. The van der Waals surface area contributed by atoms with E-state index in [-0.39, 0.29) is 17.4 Å². The van der Waals surface area contributed by atoms with E-state index in [0.717, 1.165) is 6.42 Å². The lowest BCUT2D eigenvalue weighted by molar-refractivity contribution is -0.113. The summed E-state index contributed by atoms with van der Waals surface area (Å²) in [5.41, 5.74) is 1.15. The van der Waals surface area contributed by atoms with Crippen LogP contribution in [0.25, 0.3) is 11.6 Å². The third-order valence-corrected chi connectivity index (χ3v) is 5.24. The number of aromatic nitrogens is 3. The molecule has 0 atom stereocenters. The first-order valence-electron chi connectivity index (χ1n) is 8.70. The molecule has 3 rings (SSSR count). The fraction of sp³-hybridized carbons (Fsp3) is 0.263. The van der Waals surface area contributed by atoms with E-state index < -0.39 is 0 Å². The normalized spacial score (nSPS) is 10.8. The van der Waals surface area contributed by atoms with Crippen molar-refractivity contribution in [3.63, 3.8) is 0 Å². The van der Waals surface area contributed by atoms with Crippen LogP contribution in [-0.2, 0) is 11.3 Å². The molecule has 0 spiro atoms. The van der Waals surface area contributed by atoms with Gasteiger partial charge in [0.15, 0.2) is 21.4 Å². The van der Waals surface area contributed by atoms with E-state index >= 15 is 0 Å². The molecule has 0 radical (unpaired) electrons. The molecule has 146 valence electrons. The third-order valence-electron chi connectivity index (χ3n) is 3.84. The number of nitrogens with one attached hydrogen (secondary N) is 1. The monoisotopic (exact) mass is 462 g/mol. The number of anilines is 1. The Bertz CT molecular complexity index is 999. The smallest absolute Gasteiger partial charge is 0.234 e. The van der Waals surface area contributed by atoms with Crippen molar-refractivity contribution < 1.29 is 14.0 Å². The molecule has 2 aromatic heterocycles. The molecule has 7 nitrogen and oxygen atoms in total. The Morgan fingerprint density at radius 3 is 2.75 bits per heavy atom. The molecule has 0 aliphatic rings. The van der Waals surface area contributed by atoms with Crippen molar-refractivity contribution in [1.29, 1.82) is 0 Å². The Morgan fingerprint density at radius 2 is 2.07 bits per heavy atom. The largest absolute Gasteiger partial charge is 0.446 e. The number of benzene rings is 1. The molecule has 28 heavy (non-hydrogen) atoms. The number of carbonyl (C=O) groups excluding carboxylic acids is 2. The van der Waals surface area contributed by atoms with Gasteiger partial charge in [-0.15, -0.1) is 10.2 Å². The molecule has 1 aromatic carbocycles. The number of hydrogen-bond acceptors (Lipinski definition) is 6. The van der Waals surface area contributed by atoms with Crippen LogP contribution in [0.4, 0.5) is 5.69 Å². The number of carbonyl (C=O) groups is 2. The van der Waals surface area contributed by atoms with Gasteiger partial charge in [-0.05, 0) is 53.5 Å². The highest BCUT2D eigenvalue weighted by atomic mass is 79.9. The van der Waals surface area contributed by atoms with Crippen molar-refractivity contribution in [3.8, 4) is 11.6 Å². The Hall–Kier alpha value is -2.39. The van der Waals surface area contributed by atoms with Crippen LogP contribution in [0.1, 0.15) is 30.6 Å². The van der Waals surface area contributed by atoms with E-state index in [4.69, 9.17) is 4.42 Å². The van der Waals surface area contributed by atoms with Crippen LogP contribution in [0, 0.1) is 0 Å². The molecule has 0 saturated carbocycles. The average Bonchev–Trinajstić information content (AvgIpc) is 3.26. The number of rotatable bonds is 8. The number of Topliss-reactive ketones (excluding diaryl/α,β-unsaturated/α-hetero) is 1. The summed E-state index contributed by atoms with van der Waals surface area (Å²) in [7, 11) is 0. The quantitative estimate of drug-likeness (QED) is 0.387. The summed E-state index contributed by atoms with van der Waals surface area (Å²) < 4.78 is 8.15. The van der Waals surface area contributed by atoms with Crippen LogP contribution in [0.3, 0.4) is 0 Å². The topological polar surface area (TPSA) is 90.0 Å². The number of nitrogens with zero attached hydrogens (tertiary/aromatic N) is 3. The number of thioether (sulfide) groups is 1. The lowest BCUT2D eigenvalue weighted by Gasteiger charge is -2.08. The van der Waals surface area contributed by atoms with Gasteiger partial charge >= 0.3 is 0 Å². The van der Waals surface area contributed by atoms with Gasteiger partial charge in [-0.2, -0.15) is 0 Å². The Labute approximate surface area is 175 Å². The first kappa shape index (κ1) is 20.3. The number of furan rings is 1. The van der Waals surface area contributed by atoms with Gasteiger partial charge in [0.25, 0.3) is 0 Å². The summed E-state index contributed by atoms with van der Waals surface area (Å²) in [6.07, 6.45) is 0.893. The second-order valence-corrected chi connectivity index (χ2v) is 7.76. The lowest BCUT2D eigenvalue weighted by atomic mass is 10.1. The van der Waals surface area contributed by atoms with E-state index in [9.17, 15) is 9.59 Å². The fourth-order valence-corrected chi connectivity index (χ4v) is 3.65. The second kappa shape index (κ2) is 9.20. The summed E-state index contributed by atoms with van der Waals surface area (Å²) in [6, 6.07) is 10.5. The Kier molecular flexibility index (Phi) is 6.69. The highest BCUT2D eigenvalue weighted by Crippen LogP contribution is 2.27. The zero-order chi connectivity index (χ0) is 20.1. The van der Waals surface area contributed by atoms with Crippen molar-refractivity contribution in [2.24, 2.45) is 0 Å². The lowest BCUT2D eigenvalue weighted by Crippen LogP contribution is -2.15. The number of ketones is 1. The molecule has 0 fully saturated rings. The highest BCUT2D eigenvalue weighted by molar-refractivity contribution is 9.10. The number of halogens is 1. The minimum Gasteiger partial charge on any atom is -0.446 e. The maximum atomic E-state index is 12.3. The van der Waals surface area contributed by atoms with Crippen molar-refractivity contribution in [3.05, 3.63) is 46.6 Å². The molecule has 0 saturated heterocycles. The van der Waals surface area contributed by atoms with Gasteiger partial charge in [0.2, 0.25) is 11.7 Å². The molecule has 1 N–H and O–H groups in total. The molecular weight excluding hydrogens is 444 g/mol. The maximum absolute atomic E-state index is 12.3. The van der Waals surface area contributed by atoms with Gasteiger partial charge in [0, 0.05) is 17.8 Å². The summed E-state index contributed by atoms with van der Waals surface area (Å²) in [5.74, 6) is 1.19. The van der Waals surface area contributed by atoms with Gasteiger partial charge in [0.1, 0.15) is 0 Å². The molecule has 3 aromatic rings. The van der Waals surface area contributed by atoms with Crippen molar-refractivity contribution in [1.82, 2.24) is 14.8 Å². The Morgan fingerprint density at radius 1 is 1.25 bits per heavy atom. The standard InChI is InChI=1S/C19H19BrN4O3S/c1-3-9-24-18(15-7-8-16(20)27-15)22-23-19(24)28-11-17(26)21-14-6-4-5-13(10-14)12(2)25/h4-8,10H,3,9,11H2,1-2H3,(H,21,26). The predicted molar refractivity (Wildman–Crippen MR) is 112 cm³/mol. The van der Waals surface area contributed by atoms with Gasteiger partial charge in [-0.1, -0.05) is 30.8 Å². The molecule has 0 bridgehead atoms. The average molecular weight is 463 g/mol. The number of amides is 1. The zero-order valence-electron chi connectivity index (χ0n) is 15.4. The van der Waals surface area contributed by atoms with Crippen LogP contribution in [0.15, 0.2) is 50.6 Å². The van der Waals surface area contributed by atoms with Crippen LogP contribution in [-0.4, -0.2) is 32.2 Å². The maximum Gasteiger partial charge on any atom is 0.234 e. The molecule has 2 heterocycles. The molecule has 9 heteroatoms.